The number of carbonyl (C=O) groups is 1. The fourth-order valence-corrected chi connectivity index (χ4v) is 1.52. The minimum Gasteiger partial charge on any atom is -0.490 e. The summed E-state index contributed by atoms with van der Waals surface area (Å²) in [5.74, 6) is 0.797. The topological polar surface area (TPSA) is 97.4 Å². The Hall–Kier alpha value is -2.26. The Morgan fingerprint density at radius 1 is 1.40 bits per heavy atom. The van der Waals surface area contributed by atoms with Gasteiger partial charge in [0, 0.05) is 13.1 Å². The molecule has 108 valence electrons. The van der Waals surface area contributed by atoms with E-state index in [0.29, 0.717) is 31.2 Å². The van der Waals surface area contributed by atoms with Gasteiger partial charge in [-0.2, -0.15) is 5.26 Å². The van der Waals surface area contributed by atoms with Crippen molar-refractivity contribution in [1.82, 2.24) is 5.32 Å². The number of hydrogen-bond acceptors (Lipinski definition) is 5. The van der Waals surface area contributed by atoms with Gasteiger partial charge in [-0.3, -0.25) is 4.79 Å². The van der Waals surface area contributed by atoms with Crippen molar-refractivity contribution in [3.63, 3.8) is 0 Å². The highest BCUT2D eigenvalue weighted by Crippen LogP contribution is 2.28. The third-order valence-electron chi connectivity index (χ3n) is 2.46. The summed E-state index contributed by atoms with van der Waals surface area (Å²) < 4.78 is 10.9. The zero-order valence-corrected chi connectivity index (χ0v) is 11.5. The molecule has 0 saturated carbocycles. The third kappa shape index (κ3) is 5.16. The molecule has 20 heavy (non-hydrogen) atoms. The highest BCUT2D eigenvalue weighted by atomic mass is 16.5. The average molecular weight is 277 g/mol. The Morgan fingerprint density at radius 2 is 2.20 bits per heavy atom. The van der Waals surface area contributed by atoms with Gasteiger partial charge in [0.25, 0.3) is 5.91 Å². The van der Waals surface area contributed by atoms with Crippen molar-refractivity contribution >= 4 is 5.91 Å². The van der Waals surface area contributed by atoms with Crippen molar-refractivity contribution < 1.29 is 14.3 Å². The molecule has 0 heterocycles. The van der Waals surface area contributed by atoms with E-state index in [-0.39, 0.29) is 18.9 Å². The number of amides is 1. The Kier molecular flexibility index (Phi) is 6.93. The second-order valence-electron chi connectivity index (χ2n) is 3.96. The fraction of sp³-hybridized carbons (Fsp3) is 0.429. The molecule has 1 amide bonds. The maximum absolute atomic E-state index is 11.5. The second kappa shape index (κ2) is 8.77. The molecule has 0 radical (unpaired) electrons. The van der Waals surface area contributed by atoms with Gasteiger partial charge < -0.3 is 20.5 Å². The molecule has 0 fully saturated rings. The van der Waals surface area contributed by atoms with Gasteiger partial charge in [-0.15, -0.1) is 0 Å². The van der Waals surface area contributed by atoms with Crippen LogP contribution in [0, 0.1) is 11.3 Å². The summed E-state index contributed by atoms with van der Waals surface area (Å²) in [7, 11) is 0. The number of rotatable bonds is 8. The molecule has 1 rings (SSSR count). The predicted molar refractivity (Wildman–Crippen MR) is 74.2 cm³/mol. The molecular formula is C14H19N3O3. The fourth-order valence-electron chi connectivity index (χ4n) is 1.52. The predicted octanol–water partition coefficient (Wildman–Crippen LogP) is 0.953. The lowest BCUT2D eigenvalue weighted by Gasteiger charge is -2.12. The second-order valence-corrected chi connectivity index (χ2v) is 3.96. The van der Waals surface area contributed by atoms with Crippen LogP contribution in [0.25, 0.3) is 0 Å². The normalized spacial score (nSPS) is 9.65. The maximum atomic E-state index is 11.5. The van der Waals surface area contributed by atoms with Crippen molar-refractivity contribution in [3.8, 4) is 17.6 Å². The van der Waals surface area contributed by atoms with Crippen LogP contribution >= 0.6 is 0 Å². The number of nitrogens with zero attached hydrogens (tertiary/aromatic N) is 1. The lowest BCUT2D eigenvalue weighted by molar-refractivity contribution is -0.123. The first kappa shape index (κ1) is 15.8. The van der Waals surface area contributed by atoms with Gasteiger partial charge in [-0.05, 0) is 24.6 Å². The summed E-state index contributed by atoms with van der Waals surface area (Å²) in [6, 6.07) is 7.30. The zero-order chi connectivity index (χ0) is 14.8. The molecule has 1 aromatic carbocycles. The SMILES string of the molecule is CCOc1cc(CN)ccc1OCC(=O)NCCC#N. The maximum Gasteiger partial charge on any atom is 0.257 e. The van der Waals surface area contributed by atoms with Crippen LogP contribution in [0.4, 0.5) is 0 Å². The largest absolute Gasteiger partial charge is 0.490 e. The Labute approximate surface area is 118 Å². The highest BCUT2D eigenvalue weighted by molar-refractivity contribution is 5.77. The van der Waals surface area contributed by atoms with Crippen LogP contribution in [0.15, 0.2) is 18.2 Å². The van der Waals surface area contributed by atoms with Crippen molar-refractivity contribution in [3.05, 3.63) is 23.8 Å². The van der Waals surface area contributed by atoms with E-state index in [1.54, 1.807) is 12.1 Å². The van der Waals surface area contributed by atoms with Gasteiger partial charge in [0.15, 0.2) is 18.1 Å². The van der Waals surface area contributed by atoms with Crippen LogP contribution in [0.2, 0.25) is 0 Å². The number of benzene rings is 1. The summed E-state index contributed by atoms with van der Waals surface area (Å²) in [6.07, 6.45) is 0.279. The minimum absolute atomic E-state index is 0.118. The highest BCUT2D eigenvalue weighted by Gasteiger charge is 2.08. The molecule has 0 atom stereocenters. The number of ether oxygens (including phenoxy) is 2. The Morgan fingerprint density at radius 3 is 2.85 bits per heavy atom. The van der Waals surface area contributed by atoms with Gasteiger partial charge in [0.2, 0.25) is 0 Å². The minimum atomic E-state index is -0.273. The standard InChI is InChI=1S/C14H19N3O3/c1-2-19-13-8-11(9-16)4-5-12(13)20-10-14(18)17-7-3-6-15/h4-5,8H,2-3,7,9-10,16H2,1H3,(H,17,18). The van der Waals surface area contributed by atoms with Crippen molar-refractivity contribution in [2.45, 2.75) is 19.9 Å². The molecule has 6 heteroatoms. The van der Waals surface area contributed by atoms with E-state index in [4.69, 9.17) is 20.5 Å². The quantitative estimate of drug-likeness (QED) is 0.689. The molecule has 0 aliphatic carbocycles. The van der Waals surface area contributed by atoms with Gasteiger partial charge >= 0.3 is 0 Å². The zero-order valence-electron chi connectivity index (χ0n) is 11.5. The van der Waals surface area contributed by atoms with E-state index in [1.807, 2.05) is 19.1 Å². The molecular weight excluding hydrogens is 258 g/mol. The molecule has 0 aliphatic rings. The van der Waals surface area contributed by atoms with Gasteiger partial charge in [0.05, 0.1) is 19.1 Å². The summed E-state index contributed by atoms with van der Waals surface area (Å²) >= 11 is 0. The first-order valence-electron chi connectivity index (χ1n) is 6.43. The van der Waals surface area contributed by atoms with Crippen LogP contribution in [-0.4, -0.2) is 25.7 Å². The summed E-state index contributed by atoms with van der Waals surface area (Å²) in [5, 5.41) is 11.0. The van der Waals surface area contributed by atoms with E-state index in [1.165, 1.54) is 0 Å². The van der Waals surface area contributed by atoms with Crippen molar-refractivity contribution in [1.29, 1.82) is 5.26 Å². The summed E-state index contributed by atoms with van der Waals surface area (Å²) in [4.78, 5) is 11.5. The van der Waals surface area contributed by atoms with E-state index < -0.39 is 0 Å². The summed E-state index contributed by atoms with van der Waals surface area (Å²) in [6.45, 7) is 2.98. The molecule has 6 nitrogen and oxygen atoms in total. The molecule has 3 N–H and O–H groups in total. The van der Waals surface area contributed by atoms with Gasteiger partial charge in [-0.1, -0.05) is 6.07 Å². The average Bonchev–Trinajstić information content (AvgIpc) is 2.46. The van der Waals surface area contributed by atoms with Crippen LogP contribution in [0.3, 0.4) is 0 Å². The number of nitriles is 1. The van der Waals surface area contributed by atoms with Crippen molar-refractivity contribution in [2.75, 3.05) is 19.8 Å². The van der Waals surface area contributed by atoms with Crippen LogP contribution < -0.4 is 20.5 Å². The molecule has 0 saturated heterocycles. The third-order valence-corrected chi connectivity index (χ3v) is 2.46. The number of nitrogens with one attached hydrogen (secondary N) is 1. The summed E-state index contributed by atoms with van der Waals surface area (Å²) in [5.41, 5.74) is 6.50. The smallest absolute Gasteiger partial charge is 0.257 e. The monoisotopic (exact) mass is 277 g/mol. The first-order chi connectivity index (χ1) is 9.71. The molecule has 0 aliphatic heterocycles. The van der Waals surface area contributed by atoms with E-state index in [9.17, 15) is 4.79 Å². The molecule has 1 aromatic rings. The van der Waals surface area contributed by atoms with Crippen LogP contribution in [-0.2, 0) is 11.3 Å². The van der Waals surface area contributed by atoms with Gasteiger partial charge in [-0.25, -0.2) is 0 Å². The van der Waals surface area contributed by atoms with Gasteiger partial charge in [0.1, 0.15) is 0 Å². The molecule has 0 aromatic heterocycles. The Balaban J connectivity index is 2.58. The van der Waals surface area contributed by atoms with E-state index in [0.717, 1.165) is 5.56 Å². The lowest BCUT2D eigenvalue weighted by atomic mass is 10.2. The molecule has 0 spiro atoms. The molecule has 0 bridgehead atoms. The van der Waals surface area contributed by atoms with Crippen LogP contribution in [0.1, 0.15) is 18.9 Å². The van der Waals surface area contributed by atoms with Crippen LogP contribution in [0.5, 0.6) is 11.5 Å². The van der Waals surface area contributed by atoms with Crippen molar-refractivity contribution in [2.24, 2.45) is 5.73 Å². The Bertz CT molecular complexity index is 483. The van der Waals surface area contributed by atoms with E-state index in [2.05, 4.69) is 5.32 Å². The number of nitrogens with two attached hydrogens (primary N) is 1. The lowest BCUT2D eigenvalue weighted by Crippen LogP contribution is -2.29. The number of carbonyl (C=O) groups excluding carboxylic acids is 1. The molecule has 0 unspecified atom stereocenters. The first-order valence-corrected chi connectivity index (χ1v) is 6.43. The van der Waals surface area contributed by atoms with E-state index >= 15 is 0 Å². The number of hydrogen-bond donors (Lipinski definition) is 2.